The van der Waals surface area contributed by atoms with Gasteiger partial charge in [-0.2, -0.15) is 0 Å². The van der Waals surface area contributed by atoms with E-state index in [9.17, 15) is 4.39 Å². The van der Waals surface area contributed by atoms with E-state index < -0.39 is 18.3 Å². The number of fused-ring (bicyclic) bond motifs is 1. The summed E-state index contributed by atoms with van der Waals surface area (Å²) in [5, 5.41) is 0. The molecule has 0 spiro atoms. The van der Waals surface area contributed by atoms with Crippen molar-refractivity contribution in [1.29, 1.82) is 0 Å². The quantitative estimate of drug-likeness (QED) is 0.773. The standard InChI is InChI=1S/C22H27BFNO2/c1-21(2)22(3,4)27-23(26-21)19-13-16(9-10-20(19)24)14-25-12-11-17-7-5-6-8-18(17)15-25/h5-10,13H,11-12,14-15H2,1-4H3. The molecule has 3 nitrogen and oxygen atoms in total. The minimum Gasteiger partial charge on any atom is -0.399 e. The van der Waals surface area contributed by atoms with Gasteiger partial charge in [-0.05, 0) is 56.9 Å². The molecular formula is C22H27BFNO2. The molecule has 27 heavy (non-hydrogen) atoms. The van der Waals surface area contributed by atoms with E-state index in [2.05, 4.69) is 29.2 Å². The maximum Gasteiger partial charge on any atom is 0.497 e. The molecule has 4 rings (SSSR count). The zero-order chi connectivity index (χ0) is 19.2. The van der Waals surface area contributed by atoms with Gasteiger partial charge in [0.15, 0.2) is 0 Å². The van der Waals surface area contributed by atoms with Crippen LogP contribution in [-0.2, 0) is 28.8 Å². The van der Waals surface area contributed by atoms with E-state index in [0.29, 0.717) is 5.46 Å². The number of halogens is 1. The summed E-state index contributed by atoms with van der Waals surface area (Å²) in [6, 6.07) is 13.9. The van der Waals surface area contributed by atoms with Crippen LogP contribution in [0.15, 0.2) is 42.5 Å². The van der Waals surface area contributed by atoms with Gasteiger partial charge in [0, 0.05) is 25.1 Å². The molecule has 1 fully saturated rings. The first-order chi connectivity index (χ1) is 12.7. The largest absolute Gasteiger partial charge is 0.497 e. The molecule has 5 heteroatoms. The number of rotatable bonds is 3. The van der Waals surface area contributed by atoms with Gasteiger partial charge in [-0.25, -0.2) is 4.39 Å². The second kappa shape index (κ2) is 6.73. The molecule has 0 N–H and O–H groups in total. The van der Waals surface area contributed by atoms with Crippen LogP contribution in [0.1, 0.15) is 44.4 Å². The fourth-order valence-corrected chi connectivity index (χ4v) is 3.79. The summed E-state index contributed by atoms with van der Waals surface area (Å²) >= 11 is 0. The lowest BCUT2D eigenvalue weighted by Crippen LogP contribution is -2.41. The summed E-state index contributed by atoms with van der Waals surface area (Å²) in [6.45, 7) is 10.7. The highest BCUT2D eigenvalue weighted by Crippen LogP contribution is 2.36. The lowest BCUT2D eigenvalue weighted by atomic mass is 9.78. The summed E-state index contributed by atoms with van der Waals surface area (Å²) in [5.74, 6) is -0.277. The predicted octanol–water partition coefficient (Wildman–Crippen LogP) is 3.68. The number of benzene rings is 2. The molecule has 0 aliphatic carbocycles. The molecule has 2 heterocycles. The lowest BCUT2D eigenvalue weighted by molar-refractivity contribution is 0.00578. The Balaban J connectivity index is 1.52. The van der Waals surface area contributed by atoms with E-state index in [0.717, 1.165) is 31.6 Å². The van der Waals surface area contributed by atoms with E-state index in [1.54, 1.807) is 0 Å². The Morgan fingerprint density at radius 3 is 2.37 bits per heavy atom. The highest BCUT2D eigenvalue weighted by molar-refractivity contribution is 6.62. The maximum absolute atomic E-state index is 14.5. The van der Waals surface area contributed by atoms with Crippen LogP contribution >= 0.6 is 0 Å². The van der Waals surface area contributed by atoms with Crippen molar-refractivity contribution in [3.05, 3.63) is 65.0 Å². The third-order valence-corrected chi connectivity index (χ3v) is 6.18. The van der Waals surface area contributed by atoms with Gasteiger partial charge in [0.25, 0.3) is 0 Å². The third kappa shape index (κ3) is 3.56. The molecule has 0 bridgehead atoms. The number of hydrogen-bond acceptors (Lipinski definition) is 3. The fourth-order valence-electron chi connectivity index (χ4n) is 3.79. The van der Waals surface area contributed by atoms with Crippen LogP contribution in [0.25, 0.3) is 0 Å². The monoisotopic (exact) mass is 367 g/mol. The average molecular weight is 367 g/mol. The van der Waals surface area contributed by atoms with E-state index >= 15 is 0 Å². The van der Waals surface area contributed by atoms with Crippen LogP contribution in [0.2, 0.25) is 0 Å². The van der Waals surface area contributed by atoms with Crippen molar-refractivity contribution in [1.82, 2.24) is 4.90 Å². The van der Waals surface area contributed by atoms with Gasteiger partial charge >= 0.3 is 7.12 Å². The molecule has 2 aromatic rings. The molecule has 1 saturated heterocycles. The van der Waals surface area contributed by atoms with Crippen molar-refractivity contribution in [2.24, 2.45) is 0 Å². The van der Waals surface area contributed by atoms with E-state index in [1.807, 2.05) is 39.8 Å². The maximum atomic E-state index is 14.5. The SMILES string of the molecule is CC1(C)OB(c2cc(CN3CCc4ccccc4C3)ccc2F)OC1(C)C. The minimum absolute atomic E-state index is 0.277. The first-order valence-electron chi connectivity index (χ1n) is 9.68. The summed E-state index contributed by atoms with van der Waals surface area (Å²) in [6.07, 6.45) is 1.06. The molecule has 2 aliphatic rings. The van der Waals surface area contributed by atoms with Crippen LogP contribution < -0.4 is 5.46 Å². The van der Waals surface area contributed by atoms with Crippen molar-refractivity contribution in [3.8, 4) is 0 Å². The van der Waals surface area contributed by atoms with Gasteiger partial charge in [0.1, 0.15) is 5.82 Å². The second-order valence-corrected chi connectivity index (χ2v) is 8.67. The van der Waals surface area contributed by atoms with Gasteiger partial charge in [0.2, 0.25) is 0 Å². The van der Waals surface area contributed by atoms with Crippen LogP contribution in [0.4, 0.5) is 4.39 Å². The van der Waals surface area contributed by atoms with Crippen LogP contribution in [-0.4, -0.2) is 29.8 Å². The molecule has 2 aromatic carbocycles. The summed E-state index contributed by atoms with van der Waals surface area (Å²) in [5.41, 5.74) is 3.44. The van der Waals surface area contributed by atoms with Gasteiger partial charge in [-0.3, -0.25) is 4.90 Å². The van der Waals surface area contributed by atoms with Crippen molar-refractivity contribution >= 4 is 12.6 Å². The Bertz CT molecular complexity index is 836. The molecule has 0 amide bonds. The third-order valence-electron chi connectivity index (χ3n) is 6.18. The molecule has 0 unspecified atom stereocenters. The lowest BCUT2D eigenvalue weighted by Gasteiger charge is -2.32. The highest BCUT2D eigenvalue weighted by atomic mass is 19.1. The van der Waals surface area contributed by atoms with E-state index in [4.69, 9.17) is 9.31 Å². The summed E-state index contributed by atoms with van der Waals surface area (Å²) in [7, 11) is -0.669. The Morgan fingerprint density at radius 1 is 1.00 bits per heavy atom. The Labute approximate surface area is 161 Å². The molecule has 142 valence electrons. The van der Waals surface area contributed by atoms with E-state index in [1.165, 1.54) is 17.2 Å². The zero-order valence-corrected chi connectivity index (χ0v) is 16.6. The van der Waals surface area contributed by atoms with E-state index in [-0.39, 0.29) is 5.82 Å². The molecule has 0 aromatic heterocycles. The van der Waals surface area contributed by atoms with Crippen molar-refractivity contribution < 1.29 is 13.7 Å². The summed E-state index contributed by atoms with van der Waals surface area (Å²) < 4.78 is 26.6. The van der Waals surface area contributed by atoms with Gasteiger partial charge in [-0.1, -0.05) is 36.4 Å². The topological polar surface area (TPSA) is 21.7 Å². The molecular weight excluding hydrogens is 340 g/mol. The molecule has 0 atom stereocenters. The van der Waals surface area contributed by atoms with Gasteiger partial charge < -0.3 is 9.31 Å². The first kappa shape index (κ1) is 18.7. The van der Waals surface area contributed by atoms with Crippen LogP contribution in [0, 0.1) is 5.82 Å². The Morgan fingerprint density at radius 2 is 1.67 bits per heavy atom. The predicted molar refractivity (Wildman–Crippen MR) is 106 cm³/mol. The zero-order valence-electron chi connectivity index (χ0n) is 16.6. The molecule has 2 aliphatic heterocycles. The van der Waals surface area contributed by atoms with Crippen LogP contribution in [0.3, 0.4) is 0 Å². The molecule has 0 saturated carbocycles. The van der Waals surface area contributed by atoms with Gasteiger partial charge in [-0.15, -0.1) is 0 Å². The van der Waals surface area contributed by atoms with Crippen LogP contribution in [0.5, 0.6) is 0 Å². The van der Waals surface area contributed by atoms with Crippen molar-refractivity contribution in [2.45, 2.75) is 58.4 Å². The summed E-state index contributed by atoms with van der Waals surface area (Å²) in [4.78, 5) is 2.41. The smallest absolute Gasteiger partial charge is 0.399 e. The van der Waals surface area contributed by atoms with Crippen molar-refractivity contribution in [2.75, 3.05) is 6.54 Å². The highest BCUT2D eigenvalue weighted by Gasteiger charge is 2.52. The Kier molecular flexibility index (Phi) is 4.65. The molecule has 0 radical (unpaired) electrons. The average Bonchev–Trinajstić information content (AvgIpc) is 2.84. The van der Waals surface area contributed by atoms with Crippen molar-refractivity contribution in [3.63, 3.8) is 0 Å². The number of hydrogen-bond donors (Lipinski definition) is 0. The second-order valence-electron chi connectivity index (χ2n) is 8.67. The fraction of sp³-hybridized carbons (Fsp3) is 0.455. The minimum atomic E-state index is -0.669. The Hall–Kier alpha value is -1.69. The van der Waals surface area contributed by atoms with Gasteiger partial charge in [0.05, 0.1) is 11.2 Å². The first-order valence-corrected chi connectivity index (χ1v) is 9.68. The normalized spacial score (nSPS) is 21.3. The number of nitrogens with zero attached hydrogens (tertiary/aromatic N) is 1.